The molecule has 0 saturated carbocycles. The number of rotatable bonds is 2. The molecule has 1 N–H and O–H groups in total. The number of likely N-dealkylation sites (N-methyl/N-ethyl adjacent to an activating group) is 1. The van der Waals surface area contributed by atoms with Gasteiger partial charge in [0.15, 0.2) is 5.03 Å². The van der Waals surface area contributed by atoms with Crippen molar-refractivity contribution in [2.75, 3.05) is 26.7 Å². The van der Waals surface area contributed by atoms with Gasteiger partial charge in [-0.15, -0.1) is 0 Å². The Hall–Kier alpha value is -0.920. The Balaban J connectivity index is 2.25. The number of nitrogens with zero attached hydrogens (tertiary/aromatic N) is 3. The number of piperazine rings is 1. The van der Waals surface area contributed by atoms with Gasteiger partial charge in [0.1, 0.15) is 0 Å². The van der Waals surface area contributed by atoms with E-state index in [1.165, 1.54) is 16.8 Å². The highest BCUT2D eigenvalue weighted by atomic mass is 32.2. The summed E-state index contributed by atoms with van der Waals surface area (Å²) < 4.78 is 26.1. The largest absolute Gasteiger partial charge is 0.335 e. The van der Waals surface area contributed by atoms with Crippen molar-refractivity contribution in [2.45, 2.75) is 24.4 Å². The van der Waals surface area contributed by atoms with E-state index < -0.39 is 10.0 Å². The quantitative estimate of drug-likeness (QED) is 0.818. The second kappa shape index (κ2) is 4.08. The highest BCUT2D eigenvalue weighted by Crippen LogP contribution is 2.23. The Morgan fingerprint density at radius 2 is 2.12 bits per heavy atom. The van der Waals surface area contributed by atoms with E-state index in [-0.39, 0.29) is 10.6 Å². The van der Waals surface area contributed by atoms with Gasteiger partial charge in [0.2, 0.25) is 0 Å². The van der Waals surface area contributed by atoms with Crippen LogP contribution in [0.3, 0.4) is 0 Å². The van der Waals surface area contributed by atoms with E-state index in [1.807, 2.05) is 20.9 Å². The summed E-state index contributed by atoms with van der Waals surface area (Å²) >= 11 is 0. The third-order valence-electron chi connectivity index (χ3n) is 3.37. The van der Waals surface area contributed by atoms with E-state index in [2.05, 4.69) is 14.9 Å². The molecule has 0 unspecified atom stereocenters. The van der Waals surface area contributed by atoms with E-state index in [0.717, 1.165) is 6.54 Å². The van der Waals surface area contributed by atoms with Gasteiger partial charge in [0, 0.05) is 25.2 Å². The average molecular weight is 258 g/mol. The zero-order valence-electron chi connectivity index (χ0n) is 10.3. The molecule has 1 saturated heterocycles. The van der Waals surface area contributed by atoms with Gasteiger partial charge < -0.3 is 4.98 Å². The Morgan fingerprint density at radius 1 is 1.41 bits per heavy atom. The highest BCUT2D eigenvalue weighted by molar-refractivity contribution is 7.89. The average Bonchev–Trinajstić information content (AvgIpc) is 2.75. The molecule has 2 rings (SSSR count). The third kappa shape index (κ3) is 2.22. The number of nitrogens with one attached hydrogen (secondary N) is 1. The number of imidazole rings is 1. The van der Waals surface area contributed by atoms with Crippen molar-refractivity contribution in [3.63, 3.8) is 0 Å². The summed E-state index contributed by atoms with van der Waals surface area (Å²) in [6, 6.07) is 0. The van der Waals surface area contributed by atoms with Gasteiger partial charge in [-0.05, 0) is 20.9 Å². The third-order valence-corrected chi connectivity index (χ3v) is 5.14. The maximum atomic E-state index is 12.3. The summed E-state index contributed by atoms with van der Waals surface area (Å²) in [6.45, 7) is 5.83. The number of aromatic amines is 1. The molecule has 1 aliphatic rings. The van der Waals surface area contributed by atoms with Crippen LogP contribution in [0.1, 0.15) is 13.8 Å². The molecule has 0 spiro atoms. The number of hydrogen-bond donors (Lipinski definition) is 1. The molecule has 96 valence electrons. The number of hydrogen-bond acceptors (Lipinski definition) is 4. The number of H-pyrrole nitrogens is 1. The zero-order valence-corrected chi connectivity index (χ0v) is 11.2. The summed E-state index contributed by atoms with van der Waals surface area (Å²) in [5, 5.41) is 0.165. The molecule has 0 radical (unpaired) electrons. The first-order chi connectivity index (χ1) is 7.84. The standard InChI is InChI=1S/C10H18N4O2S/c1-10(2)7-14(5-4-13(10)3)17(15,16)9-6-11-8-12-9/h6,8H,4-5,7H2,1-3H3,(H,11,12). The SMILES string of the molecule is CN1CCN(S(=O)(=O)c2cnc[nH]2)CC1(C)C. The summed E-state index contributed by atoms with van der Waals surface area (Å²) in [4.78, 5) is 8.59. The number of aromatic nitrogens is 2. The van der Waals surface area contributed by atoms with E-state index in [1.54, 1.807) is 0 Å². The molecule has 0 amide bonds. The summed E-state index contributed by atoms with van der Waals surface area (Å²) in [6.07, 6.45) is 2.73. The fourth-order valence-corrected chi connectivity index (χ4v) is 3.41. The minimum Gasteiger partial charge on any atom is -0.335 e. The molecule has 0 atom stereocenters. The van der Waals surface area contributed by atoms with Crippen molar-refractivity contribution in [2.24, 2.45) is 0 Å². The smallest absolute Gasteiger partial charge is 0.260 e. The van der Waals surface area contributed by atoms with E-state index in [4.69, 9.17) is 0 Å². The van der Waals surface area contributed by atoms with Gasteiger partial charge in [0.25, 0.3) is 10.0 Å². The van der Waals surface area contributed by atoms with E-state index in [9.17, 15) is 8.42 Å². The van der Waals surface area contributed by atoms with Gasteiger partial charge in [0.05, 0.1) is 12.5 Å². The maximum absolute atomic E-state index is 12.3. The van der Waals surface area contributed by atoms with E-state index in [0.29, 0.717) is 13.1 Å². The molecule has 6 nitrogen and oxygen atoms in total. The molecule has 0 bridgehead atoms. The van der Waals surface area contributed by atoms with Gasteiger partial charge in [-0.2, -0.15) is 4.31 Å². The molecule has 17 heavy (non-hydrogen) atoms. The van der Waals surface area contributed by atoms with Gasteiger partial charge >= 0.3 is 0 Å². The van der Waals surface area contributed by atoms with Gasteiger partial charge in [-0.25, -0.2) is 13.4 Å². The fourth-order valence-electron chi connectivity index (χ4n) is 1.92. The molecule has 2 heterocycles. The molecule has 7 heteroatoms. The van der Waals surface area contributed by atoms with Crippen molar-refractivity contribution in [1.82, 2.24) is 19.2 Å². The van der Waals surface area contributed by atoms with Crippen molar-refractivity contribution in [1.29, 1.82) is 0 Å². The zero-order chi connectivity index (χ0) is 12.7. The lowest BCUT2D eigenvalue weighted by molar-refractivity contribution is 0.0800. The van der Waals surface area contributed by atoms with Crippen LogP contribution in [0.2, 0.25) is 0 Å². The first-order valence-corrected chi connectivity index (χ1v) is 6.98. The Bertz CT molecular complexity index is 480. The molecule has 1 aromatic rings. The van der Waals surface area contributed by atoms with Crippen LogP contribution in [0.5, 0.6) is 0 Å². The Kier molecular flexibility index (Phi) is 3.01. The first-order valence-electron chi connectivity index (χ1n) is 5.54. The minimum atomic E-state index is -3.42. The molecular weight excluding hydrogens is 240 g/mol. The maximum Gasteiger partial charge on any atom is 0.260 e. The molecule has 1 aliphatic heterocycles. The van der Waals surface area contributed by atoms with Crippen molar-refractivity contribution in [3.8, 4) is 0 Å². The van der Waals surface area contributed by atoms with Crippen LogP contribution in [0.25, 0.3) is 0 Å². The number of sulfonamides is 1. The van der Waals surface area contributed by atoms with Crippen LogP contribution < -0.4 is 0 Å². The Morgan fingerprint density at radius 3 is 2.65 bits per heavy atom. The minimum absolute atomic E-state index is 0.147. The Labute approximate surface area is 102 Å². The van der Waals surface area contributed by atoms with Crippen LogP contribution in [-0.4, -0.2) is 59.8 Å². The predicted molar refractivity (Wildman–Crippen MR) is 64.1 cm³/mol. The lowest BCUT2D eigenvalue weighted by atomic mass is 10.0. The molecular formula is C10H18N4O2S. The predicted octanol–water partition coefficient (Wildman–Crippen LogP) is 0.124. The van der Waals surface area contributed by atoms with Gasteiger partial charge in [-0.3, -0.25) is 4.90 Å². The molecule has 1 fully saturated rings. The second-order valence-electron chi connectivity index (χ2n) is 4.99. The summed E-state index contributed by atoms with van der Waals surface area (Å²) in [7, 11) is -1.41. The lowest BCUT2D eigenvalue weighted by Crippen LogP contribution is -2.58. The van der Waals surface area contributed by atoms with Crippen molar-refractivity contribution < 1.29 is 8.42 Å². The topological polar surface area (TPSA) is 69.3 Å². The molecule has 1 aromatic heterocycles. The van der Waals surface area contributed by atoms with Gasteiger partial charge in [-0.1, -0.05) is 0 Å². The van der Waals surface area contributed by atoms with Crippen LogP contribution in [0.4, 0.5) is 0 Å². The normalized spacial score (nSPS) is 22.8. The summed E-state index contributed by atoms with van der Waals surface area (Å²) in [5.74, 6) is 0. The highest BCUT2D eigenvalue weighted by Gasteiger charge is 2.37. The van der Waals surface area contributed by atoms with Crippen LogP contribution in [0, 0.1) is 0 Å². The molecule has 0 aliphatic carbocycles. The molecule has 0 aromatic carbocycles. The monoisotopic (exact) mass is 258 g/mol. The fraction of sp³-hybridized carbons (Fsp3) is 0.700. The lowest BCUT2D eigenvalue weighted by Gasteiger charge is -2.44. The van der Waals surface area contributed by atoms with Crippen LogP contribution >= 0.6 is 0 Å². The summed E-state index contributed by atoms with van der Waals surface area (Å²) in [5.41, 5.74) is -0.147. The second-order valence-corrected chi connectivity index (χ2v) is 6.89. The first kappa shape index (κ1) is 12.5. The van der Waals surface area contributed by atoms with Crippen LogP contribution in [-0.2, 0) is 10.0 Å². The van der Waals surface area contributed by atoms with Crippen molar-refractivity contribution >= 4 is 10.0 Å². The van der Waals surface area contributed by atoms with Crippen molar-refractivity contribution in [3.05, 3.63) is 12.5 Å². The van der Waals surface area contributed by atoms with Crippen LogP contribution in [0.15, 0.2) is 17.6 Å². The van der Waals surface area contributed by atoms with E-state index >= 15 is 0 Å².